The standard InChI is InChI=1S/C25H22Cl2N2O6/c1-2-35-25(34)18(29-24(33)22-17(27)6-4-8-20(22)31)13-14-9-11-15(12-10-14)28-23(32)21-16(26)5-3-7-19(21)30/h3-12,18,30-31H,2,13H2,1H3,(H,28,32)(H,29,33). The van der Waals surface area contributed by atoms with Gasteiger partial charge in [0, 0.05) is 12.1 Å². The molecule has 3 aromatic carbocycles. The van der Waals surface area contributed by atoms with Gasteiger partial charge in [0.15, 0.2) is 0 Å². The van der Waals surface area contributed by atoms with Crippen molar-refractivity contribution < 1.29 is 29.3 Å². The van der Waals surface area contributed by atoms with Gasteiger partial charge in [-0.1, -0.05) is 47.5 Å². The predicted molar refractivity (Wildman–Crippen MR) is 132 cm³/mol. The minimum Gasteiger partial charge on any atom is -0.507 e. The molecule has 3 rings (SSSR count). The van der Waals surface area contributed by atoms with E-state index in [-0.39, 0.29) is 45.7 Å². The van der Waals surface area contributed by atoms with E-state index in [2.05, 4.69) is 10.6 Å². The van der Waals surface area contributed by atoms with Crippen LogP contribution in [0.25, 0.3) is 0 Å². The largest absolute Gasteiger partial charge is 0.507 e. The van der Waals surface area contributed by atoms with Crippen LogP contribution in [-0.4, -0.2) is 40.6 Å². The average molecular weight is 517 g/mol. The Morgan fingerprint density at radius 1 is 0.857 bits per heavy atom. The first-order valence-electron chi connectivity index (χ1n) is 10.5. The number of phenolic OH excluding ortho intramolecular Hbond substituents is 2. The van der Waals surface area contributed by atoms with Gasteiger partial charge in [0.2, 0.25) is 0 Å². The molecule has 0 spiro atoms. The van der Waals surface area contributed by atoms with E-state index in [0.29, 0.717) is 11.3 Å². The van der Waals surface area contributed by atoms with E-state index in [0.717, 1.165) is 0 Å². The molecule has 2 amide bonds. The summed E-state index contributed by atoms with van der Waals surface area (Å²) in [5.41, 5.74) is 0.886. The molecule has 10 heteroatoms. The number of nitrogens with one attached hydrogen (secondary N) is 2. The van der Waals surface area contributed by atoms with Crippen LogP contribution in [0.1, 0.15) is 33.2 Å². The van der Waals surface area contributed by atoms with Gasteiger partial charge in [-0.3, -0.25) is 9.59 Å². The van der Waals surface area contributed by atoms with Crippen LogP contribution in [0.3, 0.4) is 0 Å². The molecule has 0 heterocycles. The molecule has 1 atom stereocenters. The fourth-order valence-corrected chi connectivity index (χ4v) is 3.81. The number of rotatable bonds is 8. The summed E-state index contributed by atoms with van der Waals surface area (Å²) in [5.74, 6) is -2.53. The van der Waals surface area contributed by atoms with Gasteiger partial charge in [0.05, 0.1) is 22.2 Å². The number of carbonyl (C=O) groups is 3. The normalized spacial score (nSPS) is 11.4. The Labute approximate surface area is 211 Å². The van der Waals surface area contributed by atoms with Crippen LogP contribution in [0.5, 0.6) is 11.5 Å². The van der Waals surface area contributed by atoms with Crippen molar-refractivity contribution in [1.82, 2.24) is 5.32 Å². The quantitative estimate of drug-likeness (QED) is 0.325. The molecule has 0 aliphatic rings. The number of esters is 1. The zero-order valence-corrected chi connectivity index (χ0v) is 20.1. The maximum absolute atomic E-state index is 12.7. The predicted octanol–water partition coefficient (Wildman–Crippen LogP) is 4.56. The van der Waals surface area contributed by atoms with E-state index in [1.807, 2.05) is 0 Å². The van der Waals surface area contributed by atoms with E-state index < -0.39 is 23.8 Å². The van der Waals surface area contributed by atoms with Crippen LogP contribution in [0.15, 0.2) is 60.7 Å². The summed E-state index contributed by atoms with van der Waals surface area (Å²) in [4.78, 5) is 37.7. The molecule has 3 aromatic rings. The second kappa shape index (κ2) is 11.6. The third kappa shape index (κ3) is 6.44. The lowest BCUT2D eigenvalue weighted by Crippen LogP contribution is -2.43. The molecule has 0 aliphatic carbocycles. The summed E-state index contributed by atoms with van der Waals surface area (Å²) in [6.45, 7) is 1.76. The molecule has 4 N–H and O–H groups in total. The highest BCUT2D eigenvalue weighted by atomic mass is 35.5. The Balaban J connectivity index is 1.74. The van der Waals surface area contributed by atoms with Crippen LogP contribution in [0.4, 0.5) is 5.69 Å². The van der Waals surface area contributed by atoms with Crippen LogP contribution < -0.4 is 10.6 Å². The number of benzene rings is 3. The van der Waals surface area contributed by atoms with Crippen molar-refractivity contribution >= 4 is 46.7 Å². The number of amides is 2. The lowest BCUT2D eigenvalue weighted by atomic mass is 10.0. The lowest BCUT2D eigenvalue weighted by Gasteiger charge is -2.18. The third-order valence-corrected chi connectivity index (χ3v) is 5.60. The molecule has 0 saturated carbocycles. The Hall–Kier alpha value is -3.75. The van der Waals surface area contributed by atoms with E-state index >= 15 is 0 Å². The molecule has 182 valence electrons. The van der Waals surface area contributed by atoms with Crippen LogP contribution >= 0.6 is 23.2 Å². The number of phenols is 2. The first kappa shape index (κ1) is 25.9. The Morgan fingerprint density at radius 2 is 1.40 bits per heavy atom. The first-order valence-corrected chi connectivity index (χ1v) is 11.3. The van der Waals surface area contributed by atoms with E-state index in [1.165, 1.54) is 36.4 Å². The molecule has 0 saturated heterocycles. The fraction of sp³-hybridized carbons (Fsp3) is 0.160. The highest BCUT2D eigenvalue weighted by Crippen LogP contribution is 2.27. The van der Waals surface area contributed by atoms with Gasteiger partial charge in [-0.05, 0) is 48.9 Å². The Bertz CT molecular complexity index is 1210. The summed E-state index contributed by atoms with van der Waals surface area (Å²) >= 11 is 12.0. The highest BCUT2D eigenvalue weighted by molar-refractivity contribution is 6.35. The van der Waals surface area contributed by atoms with Crippen LogP contribution in [-0.2, 0) is 16.0 Å². The summed E-state index contributed by atoms with van der Waals surface area (Å²) in [6, 6.07) is 14.1. The molecule has 35 heavy (non-hydrogen) atoms. The minimum absolute atomic E-state index is 0.0368. The molecule has 0 aromatic heterocycles. The number of hydrogen-bond acceptors (Lipinski definition) is 6. The first-order chi connectivity index (χ1) is 16.7. The molecule has 0 radical (unpaired) electrons. The number of aromatic hydroxyl groups is 2. The maximum Gasteiger partial charge on any atom is 0.328 e. The van der Waals surface area contributed by atoms with Crippen molar-refractivity contribution in [1.29, 1.82) is 0 Å². The summed E-state index contributed by atoms with van der Waals surface area (Å²) < 4.78 is 5.08. The number of hydrogen-bond donors (Lipinski definition) is 4. The second-order valence-electron chi connectivity index (χ2n) is 7.40. The van der Waals surface area contributed by atoms with Crippen LogP contribution in [0.2, 0.25) is 10.0 Å². The lowest BCUT2D eigenvalue weighted by molar-refractivity contribution is -0.145. The second-order valence-corrected chi connectivity index (χ2v) is 8.22. The molecular weight excluding hydrogens is 495 g/mol. The van der Waals surface area contributed by atoms with E-state index in [9.17, 15) is 24.6 Å². The van der Waals surface area contributed by atoms with Gasteiger partial charge in [-0.15, -0.1) is 0 Å². The van der Waals surface area contributed by atoms with Crippen molar-refractivity contribution in [3.8, 4) is 11.5 Å². The smallest absolute Gasteiger partial charge is 0.328 e. The van der Waals surface area contributed by atoms with Crippen molar-refractivity contribution in [2.24, 2.45) is 0 Å². The zero-order chi connectivity index (χ0) is 25.5. The summed E-state index contributed by atoms with van der Waals surface area (Å²) in [6.07, 6.45) is 0.0787. The Morgan fingerprint density at radius 3 is 1.91 bits per heavy atom. The fourth-order valence-electron chi connectivity index (χ4n) is 3.30. The third-order valence-electron chi connectivity index (χ3n) is 4.97. The number of anilines is 1. The zero-order valence-electron chi connectivity index (χ0n) is 18.5. The number of ether oxygens (including phenoxy) is 1. The Kier molecular flexibility index (Phi) is 8.57. The molecule has 0 aliphatic heterocycles. The minimum atomic E-state index is -1.06. The van der Waals surface area contributed by atoms with Gasteiger partial charge in [0.25, 0.3) is 11.8 Å². The van der Waals surface area contributed by atoms with Crippen LogP contribution in [0, 0.1) is 0 Å². The number of carbonyl (C=O) groups excluding carboxylic acids is 3. The summed E-state index contributed by atoms with van der Waals surface area (Å²) in [5, 5.41) is 25.3. The van der Waals surface area contributed by atoms with Gasteiger partial charge in [-0.2, -0.15) is 0 Å². The van der Waals surface area contributed by atoms with Gasteiger partial charge in [-0.25, -0.2) is 4.79 Å². The van der Waals surface area contributed by atoms with Crippen molar-refractivity contribution in [3.05, 3.63) is 87.4 Å². The maximum atomic E-state index is 12.7. The van der Waals surface area contributed by atoms with Gasteiger partial charge >= 0.3 is 5.97 Å². The molecule has 1 unspecified atom stereocenters. The summed E-state index contributed by atoms with van der Waals surface area (Å²) in [7, 11) is 0. The number of halogens is 2. The average Bonchev–Trinajstić information content (AvgIpc) is 2.80. The molecular formula is C25H22Cl2N2O6. The topological polar surface area (TPSA) is 125 Å². The van der Waals surface area contributed by atoms with Gasteiger partial charge < -0.3 is 25.6 Å². The van der Waals surface area contributed by atoms with Crippen molar-refractivity contribution in [3.63, 3.8) is 0 Å². The molecule has 0 fully saturated rings. The monoisotopic (exact) mass is 516 g/mol. The molecule has 8 nitrogen and oxygen atoms in total. The SMILES string of the molecule is CCOC(=O)C(Cc1ccc(NC(=O)c2c(O)cccc2Cl)cc1)NC(=O)c1c(O)cccc1Cl. The highest BCUT2D eigenvalue weighted by Gasteiger charge is 2.25. The van der Waals surface area contributed by atoms with Crippen molar-refractivity contribution in [2.45, 2.75) is 19.4 Å². The van der Waals surface area contributed by atoms with Gasteiger partial charge in [0.1, 0.15) is 23.1 Å². The van der Waals surface area contributed by atoms with E-state index in [1.54, 1.807) is 31.2 Å². The molecule has 0 bridgehead atoms. The van der Waals surface area contributed by atoms with E-state index in [4.69, 9.17) is 27.9 Å². The van der Waals surface area contributed by atoms with Crippen molar-refractivity contribution in [2.75, 3.05) is 11.9 Å².